The summed E-state index contributed by atoms with van der Waals surface area (Å²) in [4.78, 5) is 42.3. The van der Waals surface area contributed by atoms with Gasteiger partial charge in [-0.1, -0.05) is 43.3 Å². The number of nitrogens with one attached hydrogen (secondary N) is 2. The highest BCUT2D eigenvalue weighted by Crippen LogP contribution is 2.45. The Morgan fingerprint density at radius 1 is 1.23 bits per heavy atom. The van der Waals surface area contributed by atoms with Crippen LogP contribution in [0.3, 0.4) is 0 Å². The summed E-state index contributed by atoms with van der Waals surface area (Å²) in [5.41, 5.74) is 1.92. The van der Waals surface area contributed by atoms with Gasteiger partial charge in [0.05, 0.1) is 24.3 Å². The predicted molar refractivity (Wildman–Crippen MR) is 152 cm³/mol. The highest BCUT2D eigenvalue weighted by atomic mass is 16.3. The first kappa shape index (κ1) is 28.0. The van der Waals surface area contributed by atoms with Crippen molar-refractivity contribution in [2.45, 2.75) is 50.8 Å². The molecule has 9 heteroatoms. The molecule has 2 aromatic carbocycles. The van der Waals surface area contributed by atoms with Crippen LogP contribution in [0.15, 0.2) is 54.6 Å². The van der Waals surface area contributed by atoms with Gasteiger partial charge in [0.15, 0.2) is 5.60 Å². The van der Waals surface area contributed by atoms with Gasteiger partial charge in [0.1, 0.15) is 0 Å². The number of likely N-dealkylation sites (N-methyl/N-ethyl adjacent to an activating group) is 1. The van der Waals surface area contributed by atoms with Gasteiger partial charge in [-0.15, -0.1) is 0 Å². The van der Waals surface area contributed by atoms with Gasteiger partial charge in [-0.2, -0.15) is 0 Å². The molecule has 4 atom stereocenters. The third-order valence-electron chi connectivity index (χ3n) is 8.60. The second-order valence-corrected chi connectivity index (χ2v) is 11.1. The molecule has 0 radical (unpaired) electrons. The molecule has 1 saturated heterocycles. The SMILES string of the molecule is C[C@H](/C=C/CC(=O)N1Cc2ccccc2C[C@H]1CO)[C@@]1(O)C(=O)N(C)c2ccc(NC(=O)C3CCCNC3)cc21. The Kier molecular flexibility index (Phi) is 8.07. The van der Waals surface area contributed by atoms with E-state index >= 15 is 0 Å². The highest BCUT2D eigenvalue weighted by Gasteiger charge is 2.51. The van der Waals surface area contributed by atoms with Crippen molar-refractivity contribution in [3.05, 3.63) is 71.3 Å². The van der Waals surface area contributed by atoms with Crippen LogP contribution in [0.5, 0.6) is 0 Å². The Hall–Kier alpha value is -3.53. The van der Waals surface area contributed by atoms with Crippen LogP contribution in [0.25, 0.3) is 0 Å². The molecular formula is C31H38N4O5. The molecule has 40 heavy (non-hydrogen) atoms. The van der Waals surface area contributed by atoms with E-state index < -0.39 is 17.4 Å². The average molecular weight is 547 g/mol. The summed E-state index contributed by atoms with van der Waals surface area (Å²) in [5.74, 6) is -1.43. The van der Waals surface area contributed by atoms with E-state index in [-0.39, 0.29) is 36.8 Å². The van der Waals surface area contributed by atoms with Gasteiger partial charge in [-0.25, -0.2) is 0 Å². The Morgan fingerprint density at radius 2 is 2.00 bits per heavy atom. The minimum atomic E-state index is -1.84. The first-order valence-corrected chi connectivity index (χ1v) is 14.0. The molecule has 3 aliphatic rings. The van der Waals surface area contributed by atoms with E-state index in [0.29, 0.717) is 36.4 Å². The van der Waals surface area contributed by atoms with E-state index in [1.54, 1.807) is 49.2 Å². The normalized spacial score (nSPS) is 25.1. The van der Waals surface area contributed by atoms with Crippen molar-refractivity contribution in [2.75, 3.05) is 37.0 Å². The summed E-state index contributed by atoms with van der Waals surface area (Å²) in [6, 6.07) is 12.8. The number of hydrogen-bond acceptors (Lipinski definition) is 6. The lowest BCUT2D eigenvalue weighted by Gasteiger charge is -2.36. The largest absolute Gasteiger partial charge is 0.394 e. The number of carbonyl (C=O) groups excluding carboxylic acids is 3. The molecule has 5 rings (SSSR count). The smallest absolute Gasteiger partial charge is 0.264 e. The maximum absolute atomic E-state index is 13.3. The predicted octanol–water partition coefficient (Wildman–Crippen LogP) is 2.32. The molecule has 0 bridgehead atoms. The minimum Gasteiger partial charge on any atom is -0.394 e. The van der Waals surface area contributed by atoms with Crippen LogP contribution in [-0.2, 0) is 33.0 Å². The second kappa shape index (κ2) is 11.5. The van der Waals surface area contributed by atoms with Crippen molar-refractivity contribution in [3.8, 4) is 0 Å². The molecule has 3 aliphatic heterocycles. The molecule has 0 saturated carbocycles. The number of carbonyl (C=O) groups is 3. The van der Waals surface area contributed by atoms with E-state index in [0.717, 1.165) is 30.5 Å². The molecule has 1 fully saturated rings. The van der Waals surface area contributed by atoms with Gasteiger partial charge in [0, 0.05) is 43.7 Å². The lowest BCUT2D eigenvalue weighted by Crippen LogP contribution is -2.46. The summed E-state index contributed by atoms with van der Waals surface area (Å²) in [7, 11) is 1.62. The molecule has 0 aliphatic carbocycles. The van der Waals surface area contributed by atoms with Gasteiger partial charge < -0.3 is 30.6 Å². The van der Waals surface area contributed by atoms with Crippen LogP contribution in [-0.4, -0.2) is 65.6 Å². The average Bonchev–Trinajstić information content (AvgIpc) is 3.17. The van der Waals surface area contributed by atoms with Gasteiger partial charge in [0.25, 0.3) is 5.91 Å². The van der Waals surface area contributed by atoms with Crippen molar-refractivity contribution in [2.24, 2.45) is 11.8 Å². The first-order chi connectivity index (χ1) is 19.2. The third-order valence-corrected chi connectivity index (χ3v) is 8.60. The van der Waals surface area contributed by atoms with Crippen LogP contribution < -0.4 is 15.5 Å². The number of aliphatic hydroxyl groups is 2. The molecule has 3 amide bonds. The number of fused-ring (bicyclic) bond motifs is 2. The zero-order valence-electron chi connectivity index (χ0n) is 23.1. The maximum Gasteiger partial charge on any atom is 0.264 e. The van der Waals surface area contributed by atoms with Gasteiger partial charge in [-0.05, 0) is 55.1 Å². The Balaban J connectivity index is 1.30. The second-order valence-electron chi connectivity index (χ2n) is 11.1. The van der Waals surface area contributed by atoms with E-state index in [1.807, 2.05) is 24.3 Å². The Morgan fingerprint density at radius 3 is 2.73 bits per heavy atom. The summed E-state index contributed by atoms with van der Waals surface area (Å²) in [5, 5.41) is 27.9. The van der Waals surface area contributed by atoms with Crippen LogP contribution in [0.4, 0.5) is 11.4 Å². The van der Waals surface area contributed by atoms with Crippen molar-refractivity contribution in [1.82, 2.24) is 10.2 Å². The van der Waals surface area contributed by atoms with Crippen molar-refractivity contribution in [3.63, 3.8) is 0 Å². The lowest BCUT2D eigenvalue weighted by atomic mass is 9.82. The van der Waals surface area contributed by atoms with Crippen LogP contribution in [0, 0.1) is 11.8 Å². The van der Waals surface area contributed by atoms with E-state index in [2.05, 4.69) is 10.6 Å². The molecule has 9 nitrogen and oxygen atoms in total. The summed E-state index contributed by atoms with van der Waals surface area (Å²) in [6.07, 6.45) is 5.84. The summed E-state index contributed by atoms with van der Waals surface area (Å²) in [6.45, 7) is 3.61. The molecule has 2 aromatic rings. The highest BCUT2D eigenvalue weighted by molar-refractivity contribution is 6.07. The molecule has 0 aromatic heterocycles. The van der Waals surface area contributed by atoms with Gasteiger partial charge >= 0.3 is 0 Å². The zero-order chi connectivity index (χ0) is 28.4. The van der Waals surface area contributed by atoms with Crippen molar-refractivity contribution < 1.29 is 24.6 Å². The molecule has 212 valence electrons. The number of amides is 3. The van der Waals surface area contributed by atoms with E-state index in [1.165, 1.54) is 4.90 Å². The van der Waals surface area contributed by atoms with Crippen LogP contribution >= 0.6 is 0 Å². The third kappa shape index (κ3) is 5.16. The minimum absolute atomic E-state index is 0.0821. The molecule has 0 spiro atoms. The first-order valence-electron chi connectivity index (χ1n) is 14.0. The molecule has 4 N–H and O–H groups in total. The monoisotopic (exact) mass is 546 g/mol. The van der Waals surface area contributed by atoms with Crippen LogP contribution in [0.2, 0.25) is 0 Å². The number of rotatable bonds is 7. The number of hydrogen-bond donors (Lipinski definition) is 4. The zero-order valence-corrected chi connectivity index (χ0v) is 23.1. The van der Waals surface area contributed by atoms with Crippen LogP contribution in [0.1, 0.15) is 42.9 Å². The molecule has 3 heterocycles. The van der Waals surface area contributed by atoms with Crippen molar-refractivity contribution in [1.29, 1.82) is 0 Å². The van der Waals surface area contributed by atoms with Gasteiger partial charge in [-0.3, -0.25) is 14.4 Å². The number of aliphatic hydroxyl groups excluding tert-OH is 1. The van der Waals surface area contributed by atoms with E-state index in [9.17, 15) is 24.6 Å². The molecular weight excluding hydrogens is 508 g/mol. The van der Waals surface area contributed by atoms with Gasteiger partial charge in [0.2, 0.25) is 11.8 Å². The molecule has 1 unspecified atom stereocenters. The number of anilines is 2. The fourth-order valence-corrected chi connectivity index (χ4v) is 6.12. The number of nitrogens with zero attached hydrogens (tertiary/aromatic N) is 2. The quantitative estimate of drug-likeness (QED) is 0.396. The maximum atomic E-state index is 13.3. The lowest BCUT2D eigenvalue weighted by molar-refractivity contribution is -0.139. The fourth-order valence-electron chi connectivity index (χ4n) is 6.12. The topological polar surface area (TPSA) is 122 Å². The number of piperidine rings is 1. The van der Waals surface area contributed by atoms with Crippen molar-refractivity contribution >= 4 is 29.1 Å². The summed E-state index contributed by atoms with van der Waals surface area (Å²) < 4.78 is 0. The Bertz CT molecular complexity index is 1320. The fraction of sp³-hybridized carbons (Fsp3) is 0.452. The summed E-state index contributed by atoms with van der Waals surface area (Å²) >= 11 is 0. The van der Waals surface area contributed by atoms with E-state index in [4.69, 9.17) is 0 Å². The number of benzene rings is 2. The standard InChI is InChI=1S/C31H38N4O5/c1-20(7-5-11-28(37)35-18-23-9-4-3-8-21(23)15-25(35)19-36)31(40)26-16-24(12-13-27(26)34(2)30(31)39)33-29(38)22-10-6-14-32-17-22/h3-5,7-9,12-13,16,20,22,25,32,36,40H,6,10-11,14-15,17-19H2,1-2H3,(H,33,38)/b7-5+/t20-,22?,25+,31+/m1/s1. The Labute approximate surface area is 234 Å².